The van der Waals surface area contributed by atoms with Crippen LogP contribution in [0.2, 0.25) is 5.02 Å². The fourth-order valence-electron chi connectivity index (χ4n) is 2.88. The van der Waals surface area contributed by atoms with Crippen LogP contribution in [0.4, 0.5) is 24.5 Å². The lowest BCUT2D eigenvalue weighted by Crippen LogP contribution is -2.20. The monoisotopic (exact) mass is 454 g/mol. The molecule has 3 aromatic rings. The molecule has 3 rings (SSSR count). The quantitative estimate of drug-likeness (QED) is 0.464. The van der Waals surface area contributed by atoms with E-state index < -0.39 is 12.4 Å². The van der Waals surface area contributed by atoms with E-state index in [1.807, 2.05) is 6.92 Å². The minimum atomic E-state index is -2.95. The van der Waals surface area contributed by atoms with Crippen molar-refractivity contribution in [1.29, 1.82) is 0 Å². The van der Waals surface area contributed by atoms with Crippen molar-refractivity contribution in [3.05, 3.63) is 70.3 Å². The van der Waals surface area contributed by atoms with Crippen molar-refractivity contribution in [3.63, 3.8) is 0 Å². The number of ether oxygens (including phenoxy) is 1. The summed E-state index contributed by atoms with van der Waals surface area (Å²) in [7, 11) is 0. The number of para-hydroxylation sites is 2. The van der Waals surface area contributed by atoms with Crippen LogP contribution in [-0.4, -0.2) is 21.5 Å². The van der Waals surface area contributed by atoms with Crippen LogP contribution in [0, 0.1) is 19.7 Å². The Morgan fingerprint density at radius 1 is 1.20 bits per heavy atom. The van der Waals surface area contributed by atoms with E-state index in [9.17, 15) is 13.2 Å². The minimum absolute atomic E-state index is 0.0215. The van der Waals surface area contributed by atoms with Gasteiger partial charge in [0.25, 0.3) is 0 Å². The Balaban J connectivity index is 1.75. The number of rotatable bonds is 6. The number of nitrogens with one attached hydrogen (secondary N) is 2. The Morgan fingerprint density at radius 3 is 2.63 bits per heavy atom. The van der Waals surface area contributed by atoms with E-state index >= 15 is 0 Å². The molecule has 2 aromatic carbocycles. The van der Waals surface area contributed by atoms with Crippen LogP contribution in [0.3, 0.4) is 0 Å². The second-order valence-corrected chi connectivity index (χ2v) is 7.21. The van der Waals surface area contributed by atoms with E-state index in [4.69, 9.17) is 23.8 Å². The summed E-state index contributed by atoms with van der Waals surface area (Å²) in [6.07, 6.45) is 0. The van der Waals surface area contributed by atoms with Gasteiger partial charge < -0.3 is 15.4 Å². The topological polar surface area (TPSA) is 51.1 Å². The first-order chi connectivity index (χ1) is 14.2. The summed E-state index contributed by atoms with van der Waals surface area (Å²) in [5.74, 6) is -0.432. The van der Waals surface area contributed by atoms with Gasteiger partial charge in [-0.1, -0.05) is 29.8 Å². The summed E-state index contributed by atoms with van der Waals surface area (Å²) in [5, 5.41) is 10.9. The highest BCUT2D eigenvalue weighted by molar-refractivity contribution is 7.80. The van der Waals surface area contributed by atoms with Gasteiger partial charge in [0.2, 0.25) is 0 Å². The van der Waals surface area contributed by atoms with Gasteiger partial charge in [-0.05, 0) is 55.9 Å². The predicted octanol–water partition coefficient (Wildman–Crippen LogP) is 5.75. The van der Waals surface area contributed by atoms with Gasteiger partial charge in [-0.25, -0.2) is 4.39 Å². The van der Waals surface area contributed by atoms with Crippen molar-refractivity contribution >= 4 is 40.3 Å². The van der Waals surface area contributed by atoms with Gasteiger partial charge >= 0.3 is 6.61 Å². The molecular weight excluding hydrogens is 437 g/mol. The molecule has 1 heterocycles. The van der Waals surface area contributed by atoms with Crippen LogP contribution < -0.4 is 15.4 Å². The fraction of sp³-hybridized carbons (Fsp3) is 0.200. The van der Waals surface area contributed by atoms with Gasteiger partial charge in [0, 0.05) is 5.02 Å². The molecule has 0 bridgehead atoms. The smallest absolute Gasteiger partial charge is 0.387 e. The van der Waals surface area contributed by atoms with Crippen LogP contribution in [0.1, 0.15) is 17.0 Å². The zero-order chi connectivity index (χ0) is 21.8. The molecule has 0 aliphatic heterocycles. The Labute approximate surface area is 181 Å². The third-order valence-electron chi connectivity index (χ3n) is 4.31. The number of anilines is 2. The Kier molecular flexibility index (Phi) is 6.84. The fourth-order valence-corrected chi connectivity index (χ4v) is 3.32. The Morgan fingerprint density at radius 2 is 1.93 bits per heavy atom. The summed E-state index contributed by atoms with van der Waals surface area (Å²) in [5.41, 5.74) is 3.13. The summed E-state index contributed by atoms with van der Waals surface area (Å²) in [4.78, 5) is 0. The van der Waals surface area contributed by atoms with Gasteiger partial charge in [0.15, 0.2) is 5.11 Å². The number of aryl methyl sites for hydroxylation is 1. The first-order valence-corrected chi connectivity index (χ1v) is 9.63. The molecule has 0 unspecified atom stereocenters. The molecule has 0 atom stereocenters. The maximum absolute atomic E-state index is 13.3. The normalized spacial score (nSPS) is 10.9. The van der Waals surface area contributed by atoms with Gasteiger partial charge in [0.05, 0.1) is 29.3 Å². The molecule has 30 heavy (non-hydrogen) atoms. The summed E-state index contributed by atoms with van der Waals surface area (Å²) < 4.78 is 44.6. The van der Waals surface area contributed by atoms with E-state index in [1.54, 1.807) is 35.9 Å². The Hall–Kier alpha value is -2.78. The highest BCUT2D eigenvalue weighted by atomic mass is 35.5. The third kappa shape index (κ3) is 5.22. The average Bonchev–Trinajstić information content (AvgIpc) is 2.92. The van der Waals surface area contributed by atoms with Gasteiger partial charge in [0.1, 0.15) is 11.6 Å². The SMILES string of the molecule is Cc1nn(Cc2ccc(F)cc2Cl)c(C)c1NC(=S)Nc1ccccc1OC(F)F. The van der Waals surface area contributed by atoms with E-state index in [0.29, 0.717) is 34.2 Å². The zero-order valence-corrected chi connectivity index (χ0v) is 17.6. The molecule has 0 saturated carbocycles. The molecule has 0 saturated heterocycles. The molecular formula is C20H18ClF3N4OS. The van der Waals surface area contributed by atoms with Crippen LogP contribution in [-0.2, 0) is 6.54 Å². The number of benzene rings is 2. The van der Waals surface area contributed by atoms with Crippen LogP contribution in [0.15, 0.2) is 42.5 Å². The molecule has 0 radical (unpaired) electrons. The first kappa shape index (κ1) is 21.9. The number of thiocarbonyl (C=S) groups is 1. The summed E-state index contributed by atoms with van der Waals surface area (Å²) >= 11 is 11.4. The molecule has 5 nitrogen and oxygen atoms in total. The highest BCUT2D eigenvalue weighted by Gasteiger charge is 2.16. The first-order valence-electron chi connectivity index (χ1n) is 8.84. The van der Waals surface area contributed by atoms with E-state index in [-0.39, 0.29) is 10.9 Å². The third-order valence-corrected chi connectivity index (χ3v) is 4.86. The van der Waals surface area contributed by atoms with Crippen molar-refractivity contribution in [2.45, 2.75) is 27.0 Å². The van der Waals surface area contributed by atoms with E-state index in [0.717, 1.165) is 5.69 Å². The number of hydrogen-bond donors (Lipinski definition) is 2. The van der Waals surface area contributed by atoms with Crippen LogP contribution in [0.5, 0.6) is 5.75 Å². The molecule has 0 aliphatic carbocycles. The molecule has 158 valence electrons. The van der Waals surface area contributed by atoms with Crippen LogP contribution >= 0.6 is 23.8 Å². The van der Waals surface area contributed by atoms with Crippen molar-refractivity contribution < 1.29 is 17.9 Å². The minimum Gasteiger partial charge on any atom is -0.433 e. The molecule has 0 aliphatic rings. The van der Waals surface area contributed by atoms with Crippen molar-refractivity contribution in [2.75, 3.05) is 10.6 Å². The van der Waals surface area contributed by atoms with E-state index in [1.165, 1.54) is 18.2 Å². The summed E-state index contributed by atoms with van der Waals surface area (Å²) in [6.45, 7) is 1.04. The zero-order valence-electron chi connectivity index (χ0n) is 16.0. The number of hydrogen-bond acceptors (Lipinski definition) is 3. The van der Waals surface area contributed by atoms with Crippen molar-refractivity contribution in [3.8, 4) is 5.75 Å². The molecule has 1 aromatic heterocycles. The maximum Gasteiger partial charge on any atom is 0.387 e. The molecule has 0 spiro atoms. The van der Waals surface area contributed by atoms with Crippen molar-refractivity contribution in [2.24, 2.45) is 0 Å². The van der Waals surface area contributed by atoms with Crippen molar-refractivity contribution in [1.82, 2.24) is 9.78 Å². The largest absolute Gasteiger partial charge is 0.433 e. The predicted molar refractivity (Wildman–Crippen MR) is 115 cm³/mol. The molecule has 2 N–H and O–H groups in total. The Bertz CT molecular complexity index is 1070. The number of aromatic nitrogens is 2. The van der Waals surface area contributed by atoms with Crippen LogP contribution in [0.25, 0.3) is 0 Å². The van der Waals surface area contributed by atoms with Gasteiger partial charge in [-0.3, -0.25) is 4.68 Å². The molecule has 0 amide bonds. The average molecular weight is 455 g/mol. The number of nitrogens with zero attached hydrogens (tertiary/aromatic N) is 2. The standard InChI is InChI=1S/C20H18ClF3N4OS/c1-11-18(12(2)28(27-11)10-13-7-8-14(22)9-15(13)21)26-20(30)25-16-5-3-4-6-17(16)29-19(23)24/h3-9,19H,10H2,1-2H3,(H2,25,26,30). The lowest BCUT2D eigenvalue weighted by Gasteiger charge is -2.14. The van der Waals surface area contributed by atoms with Gasteiger partial charge in [-0.15, -0.1) is 0 Å². The number of halogens is 4. The lowest BCUT2D eigenvalue weighted by molar-refractivity contribution is -0.0493. The van der Waals surface area contributed by atoms with Gasteiger partial charge in [-0.2, -0.15) is 13.9 Å². The second-order valence-electron chi connectivity index (χ2n) is 6.39. The molecule has 10 heteroatoms. The lowest BCUT2D eigenvalue weighted by atomic mass is 10.2. The maximum atomic E-state index is 13.3. The highest BCUT2D eigenvalue weighted by Crippen LogP contribution is 2.27. The number of alkyl halides is 2. The second kappa shape index (κ2) is 9.36. The van der Waals surface area contributed by atoms with E-state index in [2.05, 4.69) is 20.5 Å². The summed E-state index contributed by atoms with van der Waals surface area (Å²) in [6, 6.07) is 10.4. The molecule has 0 fully saturated rings.